The van der Waals surface area contributed by atoms with E-state index in [1.165, 1.54) is 18.7 Å². The molecule has 1 atom stereocenters. The van der Waals surface area contributed by atoms with Crippen molar-refractivity contribution in [1.82, 2.24) is 14.7 Å². The van der Waals surface area contributed by atoms with Crippen LogP contribution in [0.2, 0.25) is 0 Å². The second-order valence-corrected chi connectivity index (χ2v) is 4.66. The fraction of sp³-hybridized carbons (Fsp3) is 0.750. The van der Waals surface area contributed by atoms with Gasteiger partial charge in [-0.1, -0.05) is 0 Å². The molecular formula is C12H21N3O. The predicted octanol–water partition coefficient (Wildman–Crippen LogP) is 0.667. The third-order valence-corrected chi connectivity index (χ3v) is 3.51. The maximum absolute atomic E-state index is 8.90. The van der Waals surface area contributed by atoms with E-state index in [9.17, 15) is 0 Å². The molecule has 0 saturated carbocycles. The van der Waals surface area contributed by atoms with Crippen LogP contribution in [-0.2, 0) is 13.5 Å². The summed E-state index contributed by atoms with van der Waals surface area (Å²) in [6, 6.07) is 2.08. The van der Waals surface area contributed by atoms with Gasteiger partial charge in [0.15, 0.2) is 0 Å². The van der Waals surface area contributed by atoms with E-state index >= 15 is 0 Å². The lowest BCUT2D eigenvalue weighted by Crippen LogP contribution is -2.24. The summed E-state index contributed by atoms with van der Waals surface area (Å²) in [6.45, 7) is 3.78. The topological polar surface area (TPSA) is 41.3 Å². The number of aryl methyl sites for hydroxylation is 1. The quantitative estimate of drug-likeness (QED) is 0.797. The molecule has 1 fully saturated rings. The van der Waals surface area contributed by atoms with Crippen molar-refractivity contribution in [3.8, 4) is 0 Å². The van der Waals surface area contributed by atoms with Gasteiger partial charge in [0.05, 0.1) is 0 Å². The second kappa shape index (κ2) is 5.46. The molecule has 0 aromatic carbocycles. The van der Waals surface area contributed by atoms with Crippen LogP contribution in [-0.4, -0.2) is 46.0 Å². The molecule has 1 unspecified atom stereocenters. The number of likely N-dealkylation sites (tertiary alicyclic amines) is 1. The molecule has 16 heavy (non-hydrogen) atoms. The van der Waals surface area contributed by atoms with E-state index in [2.05, 4.69) is 16.1 Å². The molecule has 1 aromatic heterocycles. The molecule has 1 saturated heterocycles. The molecule has 4 nitrogen and oxygen atoms in total. The maximum atomic E-state index is 8.90. The largest absolute Gasteiger partial charge is 0.396 e. The lowest BCUT2D eigenvalue weighted by Gasteiger charge is -2.15. The minimum Gasteiger partial charge on any atom is -0.396 e. The van der Waals surface area contributed by atoms with E-state index in [1.54, 1.807) is 0 Å². The molecule has 0 amide bonds. The van der Waals surface area contributed by atoms with Crippen molar-refractivity contribution in [3.63, 3.8) is 0 Å². The minimum absolute atomic E-state index is 0.334. The van der Waals surface area contributed by atoms with Crippen LogP contribution in [0.3, 0.4) is 0 Å². The average molecular weight is 223 g/mol. The zero-order valence-electron chi connectivity index (χ0n) is 9.97. The van der Waals surface area contributed by atoms with Gasteiger partial charge in [0.2, 0.25) is 0 Å². The van der Waals surface area contributed by atoms with Crippen molar-refractivity contribution < 1.29 is 5.11 Å². The number of rotatable bonds is 5. The number of hydrogen-bond acceptors (Lipinski definition) is 3. The molecule has 1 aliphatic heterocycles. The third-order valence-electron chi connectivity index (χ3n) is 3.51. The number of aromatic nitrogens is 2. The zero-order chi connectivity index (χ0) is 11.4. The Balaban J connectivity index is 1.74. The molecule has 1 aromatic rings. The summed E-state index contributed by atoms with van der Waals surface area (Å²) < 4.78 is 1.95. The van der Waals surface area contributed by atoms with Gasteiger partial charge >= 0.3 is 0 Å². The first-order valence-corrected chi connectivity index (χ1v) is 6.09. The molecular weight excluding hydrogens is 202 g/mol. The van der Waals surface area contributed by atoms with E-state index in [0.29, 0.717) is 12.5 Å². The first-order valence-electron chi connectivity index (χ1n) is 6.09. The zero-order valence-corrected chi connectivity index (χ0v) is 9.97. The molecule has 2 rings (SSSR count). The average Bonchev–Trinajstić information content (AvgIpc) is 2.86. The number of aliphatic hydroxyl groups is 1. The smallest absolute Gasteiger partial charge is 0.0492 e. The number of nitrogens with zero attached hydrogens (tertiary/aromatic N) is 3. The van der Waals surface area contributed by atoms with Crippen molar-refractivity contribution in [2.75, 3.05) is 26.2 Å². The molecule has 1 N–H and O–H groups in total. The predicted molar refractivity (Wildman–Crippen MR) is 63.2 cm³/mol. The van der Waals surface area contributed by atoms with E-state index in [0.717, 1.165) is 25.9 Å². The van der Waals surface area contributed by atoms with Crippen LogP contribution in [0.4, 0.5) is 0 Å². The number of hydrogen-bond donors (Lipinski definition) is 1. The summed E-state index contributed by atoms with van der Waals surface area (Å²) >= 11 is 0. The van der Waals surface area contributed by atoms with Crippen molar-refractivity contribution in [1.29, 1.82) is 0 Å². The standard InChI is InChI=1S/C12H21N3O/c1-14-12(2-6-13-14)4-8-15-7-3-11(10-15)5-9-16/h2,6,11,16H,3-5,7-10H2,1H3. The van der Waals surface area contributed by atoms with Crippen LogP contribution in [0.25, 0.3) is 0 Å². The fourth-order valence-corrected chi connectivity index (χ4v) is 2.45. The van der Waals surface area contributed by atoms with Gasteiger partial charge in [0, 0.05) is 45.1 Å². The van der Waals surface area contributed by atoms with Crippen molar-refractivity contribution >= 4 is 0 Å². The van der Waals surface area contributed by atoms with Gasteiger partial charge in [-0.15, -0.1) is 0 Å². The molecule has 2 heterocycles. The van der Waals surface area contributed by atoms with Gasteiger partial charge < -0.3 is 10.0 Å². The first-order chi connectivity index (χ1) is 7.79. The van der Waals surface area contributed by atoms with Crippen LogP contribution in [0.5, 0.6) is 0 Å². The van der Waals surface area contributed by atoms with Crippen molar-refractivity contribution in [2.24, 2.45) is 13.0 Å². The second-order valence-electron chi connectivity index (χ2n) is 4.66. The Bertz CT molecular complexity index is 324. The van der Waals surface area contributed by atoms with Gasteiger partial charge in [-0.05, 0) is 31.4 Å². The summed E-state index contributed by atoms with van der Waals surface area (Å²) in [6.07, 6.45) is 5.13. The highest BCUT2D eigenvalue weighted by Gasteiger charge is 2.21. The van der Waals surface area contributed by atoms with Gasteiger partial charge in [-0.2, -0.15) is 5.10 Å². The summed E-state index contributed by atoms with van der Waals surface area (Å²) in [4.78, 5) is 2.49. The van der Waals surface area contributed by atoms with E-state index in [-0.39, 0.29) is 0 Å². The lowest BCUT2D eigenvalue weighted by atomic mass is 10.1. The van der Waals surface area contributed by atoms with Crippen LogP contribution in [0, 0.1) is 5.92 Å². The highest BCUT2D eigenvalue weighted by molar-refractivity contribution is 5.00. The fourth-order valence-electron chi connectivity index (χ4n) is 2.45. The Labute approximate surface area is 96.9 Å². The Morgan fingerprint density at radius 2 is 2.44 bits per heavy atom. The van der Waals surface area contributed by atoms with Crippen molar-refractivity contribution in [3.05, 3.63) is 18.0 Å². The first kappa shape index (κ1) is 11.6. The normalized spacial score (nSPS) is 21.8. The summed E-state index contributed by atoms with van der Waals surface area (Å²) in [5, 5.41) is 13.1. The lowest BCUT2D eigenvalue weighted by molar-refractivity contribution is 0.251. The van der Waals surface area contributed by atoms with Gasteiger partial charge in [0.25, 0.3) is 0 Å². The molecule has 0 aliphatic carbocycles. The van der Waals surface area contributed by atoms with Crippen LogP contribution >= 0.6 is 0 Å². The van der Waals surface area contributed by atoms with E-state index in [4.69, 9.17) is 5.11 Å². The maximum Gasteiger partial charge on any atom is 0.0492 e. The highest BCUT2D eigenvalue weighted by Crippen LogP contribution is 2.19. The van der Waals surface area contributed by atoms with Gasteiger partial charge in [-0.25, -0.2) is 0 Å². The Morgan fingerprint density at radius 3 is 3.12 bits per heavy atom. The SMILES string of the molecule is Cn1nccc1CCN1CCC(CCO)C1. The van der Waals surface area contributed by atoms with E-state index in [1.807, 2.05) is 17.9 Å². The monoisotopic (exact) mass is 223 g/mol. The summed E-state index contributed by atoms with van der Waals surface area (Å²) in [5.41, 5.74) is 1.30. The van der Waals surface area contributed by atoms with Crippen LogP contribution < -0.4 is 0 Å². The molecule has 0 radical (unpaired) electrons. The summed E-state index contributed by atoms with van der Waals surface area (Å²) in [7, 11) is 1.99. The molecule has 0 bridgehead atoms. The van der Waals surface area contributed by atoms with E-state index < -0.39 is 0 Å². The molecule has 0 spiro atoms. The van der Waals surface area contributed by atoms with Crippen LogP contribution in [0.1, 0.15) is 18.5 Å². The molecule has 90 valence electrons. The Morgan fingerprint density at radius 1 is 1.56 bits per heavy atom. The van der Waals surface area contributed by atoms with Crippen molar-refractivity contribution in [2.45, 2.75) is 19.3 Å². The number of aliphatic hydroxyl groups excluding tert-OH is 1. The van der Waals surface area contributed by atoms with Gasteiger partial charge in [0.1, 0.15) is 0 Å². The Kier molecular flexibility index (Phi) is 3.96. The molecule has 1 aliphatic rings. The summed E-state index contributed by atoms with van der Waals surface area (Å²) in [5.74, 6) is 0.705. The third kappa shape index (κ3) is 2.83. The highest BCUT2D eigenvalue weighted by atomic mass is 16.3. The molecule has 4 heteroatoms. The Hall–Kier alpha value is -0.870. The van der Waals surface area contributed by atoms with Gasteiger partial charge in [-0.3, -0.25) is 4.68 Å². The minimum atomic E-state index is 0.334. The van der Waals surface area contributed by atoms with Crippen LogP contribution in [0.15, 0.2) is 12.3 Å².